The maximum Gasteiger partial charge on any atom is 0.277 e. The maximum atomic E-state index is 11.7. The van der Waals surface area contributed by atoms with Crippen molar-refractivity contribution in [3.05, 3.63) is 53.5 Å². The number of hydrogen-bond acceptors (Lipinski definition) is 4. The van der Waals surface area contributed by atoms with Gasteiger partial charge in [-0.15, -0.1) is 0 Å². The normalized spacial score (nSPS) is 11.1. The molecular weight excluding hydrogens is 280 g/mol. The van der Waals surface area contributed by atoms with Crippen molar-refractivity contribution in [2.75, 3.05) is 6.61 Å². The summed E-state index contributed by atoms with van der Waals surface area (Å²) in [6.45, 7) is 6.08. The molecule has 22 heavy (non-hydrogen) atoms. The first-order chi connectivity index (χ1) is 10.6. The van der Waals surface area contributed by atoms with Crippen LogP contribution in [-0.4, -0.2) is 18.7 Å². The van der Waals surface area contributed by atoms with Gasteiger partial charge in [0.05, 0.1) is 12.5 Å². The summed E-state index contributed by atoms with van der Waals surface area (Å²) in [7, 11) is 0. The summed E-state index contributed by atoms with van der Waals surface area (Å²) in [4.78, 5) is 11.7. The summed E-state index contributed by atoms with van der Waals surface area (Å²) in [5.74, 6) is 1.32. The van der Waals surface area contributed by atoms with Gasteiger partial charge in [0, 0.05) is 0 Å². The molecule has 0 aliphatic heterocycles. The van der Waals surface area contributed by atoms with E-state index in [1.54, 1.807) is 12.1 Å². The molecule has 5 nitrogen and oxygen atoms in total. The third kappa shape index (κ3) is 4.48. The zero-order valence-corrected chi connectivity index (χ0v) is 13.0. The molecule has 1 aromatic heterocycles. The number of carbonyl (C=O) groups excluding carboxylic acids is 1. The second kappa shape index (κ2) is 7.45. The molecule has 1 amide bonds. The second-order valence-corrected chi connectivity index (χ2v) is 5.29. The molecule has 116 valence electrons. The summed E-state index contributed by atoms with van der Waals surface area (Å²) >= 11 is 0. The molecule has 0 saturated heterocycles. The number of furan rings is 1. The largest absolute Gasteiger partial charge is 0.483 e. The van der Waals surface area contributed by atoms with Gasteiger partial charge in [-0.1, -0.05) is 26.0 Å². The van der Waals surface area contributed by atoms with Crippen LogP contribution in [0.2, 0.25) is 0 Å². The fraction of sp³-hybridized carbons (Fsp3) is 0.294. The van der Waals surface area contributed by atoms with Gasteiger partial charge in [0.15, 0.2) is 6.61 Å². The van der Waals surface area contributed by atoms with E-state index in [0.717, 1.165) is 16.9 Å². The van der Waals surface area contributed by atoms with E-state index in [1.165, 1.54) is 12.5 Å². The number of carbonyl (C=O) groups is 1. The van der Waals surface area contributed by atoms with Crippen LogP contribution in [0.5, 0.6) is 5.75 Å². The SMILES string of the molecule is Cc1ccc(C(C)C)c(OCC(=O)N/N=C\c2ccco2)c1. The number of hydrogen-bond donors (Lipinski definition) is 1. The van der Waals surface area contributed by atoms with Gasteiger partial charge < -0.3 is 9.15 Å². The van der Waals surface area contributed by atoms with E-state index in [1.807, 2.05) is 25.1 Å². The fourth-order valence-corrected chi connectivity index (χ4v) is 1.95. The molecular formula is C17H20N2O3. The first kappa shape index (κ1) is 15.8. The molecule has 0 aliphatic carbocycles. The van der Waals surface area contributed by atoms with Crippen LogP contribution in [0.1, 0.15) is 36.7 Å². The lowest BCUT2D eigenvalue weighted by atomic mass is 10.0. The summed E-state index contributed by atoms with van der Waals surface area (Å²) in [6.07, 6.45) is 2.97. The minimum atomic E-state index is -0.320. The third-order valence-corrected chi connectivity index (χ3v) is 3.07. The number of rotatable bonds is 6. The number of aryl methyl sites for hydroxylation is 1. The molecule has 0 atom stereocenters. The number of ether oxygens (including phenoxy) is 1. The maximum absolute atomic E-state index is 11.7. The quantitative estimate of drug-likeness (QED) is 0.658. The van der Waals surface area contributed by atoms with Crippen LogP contribution in [0.4, 0.5) is 0 Å². The van der Waals surface area contributed by atoms with Crippen molar-refractivity contribution < 1.29 is 13.9 Å². The van der Waals surface area contributed by atoms with Gasteiger partial charge in [0.1, 0.15) is 11.5 Å². The van der Waals surface area contributed by atoms with E-state index >= 15 is 0 Å². The van der Waals surface area contributed by atoms with E-state index in [0.29, 0.717) is 11.7 Å². The van der Waals surface area contributed by atoms with Crippen LogP contribution in [0.3, 0.4) is 0 Å². The van der Waals surface area contributed by atoms with E-state index in [2.05, 4.69) is 24.4 Å². The smallest absolute Gasteiger partial charge is 0.277 e. The first-order valence-electron chi connectivity index (χ1n) is 7.15. The van der Waals surface area contributed by atoms with Gasteiger partial charge in [-0.25, -0.2) is 5.43 Å². The standard InChI is InChI=1S/C17H20N2O3/c1-12(2)15-7-6-13(3)9-16(15)22-11-17(20)19-18-10-14-5-4-8-21-14/h4-10,12H,11H2,1-3H3,(H,19,20)/b18-10-. The van der Waals surface area contributed by atoms with E-state index in [4.69, 9.17) is 9.15 Å². The molecule has 2 aromatic rings. The van der Waals surface area contributed by atoms with Crippen molar-refractivity contribution in [2.45, 2.75) is 26.7 Å². The van der Waals surface area contributed by atoms with E-state index in [9.17, 15) is 4.79 Å². The molecule has 0 spiro atoms. The monoisotopic (exact) mass is 300 g/mol. The van der Waals surface area contributed by atoms with Crippen LogP contribution < -0.4 is 10.2 Å². The average Bonchev–Trinajstić information content (AvgIpc) is 2.98. The molecule has 1 N–H and O–H groups in total. The highest BCUT2D eigenvalue weighted by Gasteiger charge is 2.09. The highest BCUT2D eigenvalue weighted by atomic mass is 16.5. The van der Waals surface area contributed by atoms with Crippen LogP contribution in [0, 0.1) is 6.92 Å². The summed E-state index contributed by atoms with van der Waals surface area (Å²) in [5, 5.41) is 3.80. The predicted octanol–water partition coefficient (Wildman–Crippen LogP) is 3.24. The van der Waals surface area contributed by atoms with Crippen molar-refractivity contribution in [1.29, 1.82) is 0 Å². The molecule has 2 rings (SSSR count). The molecule has 0 unspecified atom stereocenters. The lowest BCUT2D eigenvalue weighted by molar-refractivity contribution is -0.123. The minimum Gasteiger partial charge on any atom is -0.483 e. The van der Waals surface area contributed by atoms with Crippen molar-refractivity contribution >= 4 is 12.1 Å². The Morgan fingerprint density at radius 3 is 2.91 bits per heavy atom. The van der Waals surface area contributed by atoms with Gasteiger partial charge in [-0.2, -0.15) is 5.10 Å². The first-order valence-corrected chi connectivity index (χ1v) is 7.15. The van der Waals surface area contributed by atoms with Crippen LogP contribution in [0.25, 0.3) is 0 Å². The lowest BCUT2D eigenvalue weighted by Crippen LogP contribution is -2.24. The van der Waals surface area contributed by atoms with Crippen LogP contribution in [-0.2, 0) is 4.79 Å². The Morgan fingerprint density at radius 2 is 2.23 bits per heavy atom. The molecule has 0 radical (unpaired) electrons. The second-order valence-electron chi connectivity index (χ2n) is 5.29. The topological polar surface area (TPSA) is 63.8 Å². The molecule has 1 aromatic carbocycles. The number of hydrazone groups is 1. The van der Waals surface area contributed by atoms with Crippen LogP contribution in [0.15, 0.2) is 46.1 Å². The van der Waals surface area contributed by atoms with Crippen molar-refractivity contribution in [1.82, 2.24) is 5.43 Å². The lowest BCUT2D eigenvalue weighted by Gasteiger charge is -2.14. The van der Waals surface area contributed by atoms with E-state index in [-0.39, 0.29) is 12.5 Å². The predicted molar refractivity (Wildman–Crippen MR) is 85.2 cm³/mol. The highest BCUT2D eigenvalue weighted by Crippen LogP contribution is 2.27. The Hall–Kier alpha value is -2.56. The molecule has 0 aliphatic rings. The summed E-state index contributed by atoms with van der Waals surface area (Å²) in [6, 6.07) is 9.50. The van der Waals surface area contributed by atoms with Gasteiger partial charge in [-0.05, 0) is 42.2 Å². The molecule has 0 bridgehead atoms. The Balaban J connectivity index is 1.89. The van der Waals surface area contributed by atoms with Gasteiger partial charge >= 0.3 is 0 Å². The Kier molecular flexibility index (Phi) is 5.36. The van der Waals surface area contributed by atoms with Gasteiger partial charge in [0.25, 0.3) is 5.91 Å². The minimum absolute atomic E-state index is 0.0847. The molecule has 1 heterocycles. The zero-order valence-electron chi connectivity index (χ0n) is 13.0. The zero-order chi connectivity index (χ0) is 15.9. The molecule has 5 heteroatoms. The number of amides is 1. The van der Waals surface area contributed by atoms with E-state index < -0.39 is 0 Å². The summed E-state index contributed by atoms with van der Waals surface area (Å²) < 4.78 is 10.7. The Labute approximate surface area is 130 Å². The third-order valence-electron chi connectivity index (χ3n) is 3.07. The van der Waals surface area contributed by atoms with Gasteiger partial charge in [-0.3, -0.25) is 4.79 Å². The number of nitrogens with one attached hydrogen (secondary N) is 1. The van der Waals surface area contributed by atoms with Crippen molar-refractivity contribution in [3.63, 3.8) is 0 Å². The Morgan fingerprint density at radius 1 is 1.41 bits per heavy atom. The molecule has 0 fully saturated rings. The van der Waals surface area contributed by atoms with Crippen molar-refractivity contribution in [3.8, 4) is 5.75 Å². The average molecular weight is 300 g/mol. The van der Waals surface area contributed by atoms with Crippen LogP contribution >= 0.6 is 0 Å². The fourth-order valence-electron chi connectivity index (χ4n) is 1.95. The van der Waals surface area contributed by atoms with Crippen molar-refractivity contribution in [2.24, 2.45) is 5.10 Å². The Bertz CT molecular complexity index is 646. The highest BCUT2D eigenvalue weighted by molar-refractivity contribution is 5.81. The number of nitrogens with zero attached hydrogens (tertiary/aromatic N) is 1. The summed E-state index contributed by atoms with van der Waals surface area (Å²) in [5.41, 5.74) is 4.57. The van der Waals surface area contributed by atoms with Gasteiger partial charge in [0.2, 0.25) is 0 Å². The molecule has 0 saturated carbocycles. The number of benzene rings is 1.